The van der Waals surface area contributed by atoms with Crippen LogP contribution in [0.5, 0.6) is 0 Å². The Morgan fingerprint density at radius 2 is 2.20 bits per heavy atom. The lowest BCUT2D eigenvalue weighted by atomic mass is 10.1. The fraction of sp³-hybridized carbons (Fsp3) is 0.364. The van der Waals surface area contributed by atoms with Crippen molar-refractivity contribution in [2.45, 2.75) is 20.3 Å². The molecule has 2 nitrogen and oxygen atoms in total. The van der Waals surface area contributed by atoms with E-state index in [9.17, 15) is 9.18 Å². The Morgan fingerprint density at radius 1 is 1.53 bits per heavy atom. The second-order valence-electron chi connectivity index (χ2n) is 3.14. The molecule has 1 rings (SSSR count). The minimum Gasteiger partial charge on any atom is -0.466 e. The number of benzene rings is 1. The van der Waals surface area contributed by atoms with Gasteiger partial charge in [-0.05, 0) is 41.4 Å². The highest BCUT2D eigenvalue weighted by Crippen LogP contribution is 2.22. The van der Waals surface area contributed by atoms with Gasteiger partial charge in [0.05, 0.1) is 17.5 Å². The topological polar surface area (TPSA) is 26.3 Å². The Balaban J connectivity index is 2.93. The molecule has 1 aromatic rings. The maximum absolute atomic E-state index is 13.6. The molecule has 0 atom stereocenters. The van der Waals surface area contributed by atoms with E-state index >= 15 is 0 Å². The Kier molecular flexibility index (Phi) is 4.27. The molecule has 0 saturated carbocycles. The summed E-state index contributed by atoms with van der Waals surface area (Å²) in [5.74, 6) is -0.791. The van der Waals surface area contributed by atoms with Gasteiger partial charge in [-0.3, -0.25) is 4.79 Å². The van der Waals surface area contributed by atoms with Crippen LogP contribution in [-0.4, -0.2) is 12.6 Å². The molecular formula is C11H12BrFO2. The molecule has 1 aromatic carbocycles. The van der Waals surface area contributed by atoms with Crippen LogP contribution in [0.15, 0.2) is 16.6 Å². The van der Waals surface area contributed by atoms with Crippen LogP contribution in [0.1, 0.15) is 18.1 Å². The van der Waals surface area contributed by atoms with Gasteiger partial charge >= 0.3 is 5.97 Å². The van der Waals surface area contributed by atoms with Crippen LogP contribution in [0, 0.1) is 12.7 Å². The summed E-state index contributed by atoms with van der Waals surface area (Å²) in [4.78, 5) is 11.2. The highest BCUT2D eigenvalue weighted by atomic mass is 79.9. The Bertz CT molecular complexity index is 377. The molecule has 0 aliphatic rings. The first kappa shape index (κ1) is 12.2. The van der Waals surface area contributed by atoms with Crippen molar-refractivity contribution >= 4 is 21.9 Å². The smallest absolute Gasteiger partial charge is 0.310 e. The van der Waals surface area contributed by atoms with Crippen molar-refractivity contribution in [3.63, 3.8) is 0 Å². The summed E-state index contributed by atoms with van der Waals surface area (Å²) in [7, 11) is 0. The molecular weight excluding hydrogens is 263 g/mol. The minimum atomic E-state index is -0.405. The number of aryl methyl sites for hydroxylation is 1. The fourth-order valence-electron chi connectivity index (χ4n) is 1.26. The minimum absolute atomic E-state index is 0.0229. The largest absolute Gasteiger partial charge is 0.466 e. The second kappa shape index (κ2) is 5.26. The zero-order valence-corrected chi connectivity index (χ0v) is 10.2. The van der Waals surface area contributed by atoms with E-state index in [4.69, 9.17) is 4.74 Å². The van der Waals surface area contributed by atoms with Crippen LogP contribution in [0.2, 0.25) is 0 Å². The molecule has 0 fully saturated rings. The van der Waals surface area contributed by atoms with Crippen molar-refractivity contribution in [3.8, 4) is 0 Å². The van der Waals surface area contributed by atoms with Crippen molar-refractivity contribution in [1.82, 2.24) is 0 Å². The molecule has 15 heavy (non-hydrogen) atoms. The number of halogens is 2. The van der Waals surface area contributed by atoms with Gasteiger partial charge in [0.1, 0.15) is 5.82 Å². The fourth-order valence-corrected chi connectivity index (χ4v) is 1.63. The van der Waals surface area contributed by atoms with Gasteiger partial charge in [0, 0.05) is 5.56 Å². The van der Waals surface area contributed by atoms with Gasteiger partial charge in [-0.1, -0.05) is 6.07 Å². The number of ether oxygens (including phenoxy) is 1. The normalized spacial score (nSPS) is 10.1. The number of hydrogen-bond acceptors (Lipinski definition) is 2. The SMILES string of the molecule is CCOC(=O)Cc1c(C)ccc(Br)c1F. The lowest BCUT2D eigenvalue weighted by molar-refractivity contribution is -0.142. The van der Waals surface area contributed by atoms with E-state index in [0.29, 0.717) is 16.6 Å². The van der Waals surface area contributed by atoms with Gasteiger partial charge in [0.25, 0.3) is 0 Å². The molecule has 0 bridgehead atoms. The van der Waals surface area contributed by atoms with E-state index in [2.05, 4.69) is 15.9 Å². The molecule has 0 unspecified atom stereocenters. The van der Waals surface area contributed by atoms with Gasteiger partial charge < -0.3 is 4.74 Å². The molecule has 4 heteroatoms. The van der Waals surface area contributed by atoms with Gasteiger partial charge in [-0.15, -0.1) is 0 Å². The molecule has 0 spiro atoms. The molecule has 0 aliphatic heterocycles. The zero-order valence-electron chi connectivity index (χ0n) is 8.64. The maximum atomic E-state index is 13.6. The lowest BCUT2D eigenvalue weighted by Gasteiger charge is -2.08. The third kappa shape index (κ3) is 3.02. The monoisotopic (exact) mass is 274 g/mol. The third-order valence-corrected chi connectivity index (χ3v) is 2.67. The predicted octanol–water partition coefficient (Wildman–Crippen LogP) is 3.00. The number of rotatable bonds is 3. The first-order chi connectivity index (χ1) is 7.06. The summed E-state index contributed by atoms with van der Waals surface area (Å²) in [5.41, 5.74) is 1.14. The van der Waals surface area contributed by atoms with Crippen LogP contribution in [0.25, 0.3) is 0 Å². The molecule has 0 amide bonds. The van der Waals surface area contributed by atoms with E-state index in [-0.39, 0.29) is 12.2 Å². The summed E-state index contributed by atoms with van der Waals surface area (Å²) in [6.45, 7) is 3.81. The summed E-state index contributed by atoms with van der Waals surface area (Å²) in [5, 5.41) is 0. The zero-order chi connectivity index (χ0) is 11.4. The Labute approximate surface area is 96.6 Å². The average molecular weight is 275 g/mol. The van der Waals surface area contributed by atoms with Crippen molar-refractivity contribution < 1.29 is 13.9 Å². The highest BCUT2D eigenvalue weighted by Gasteiger charge is 2.13. The molecule has 0 radical (unpaired) electrons. The molecule has 0 saturated heterocycles. The van der Waals surface area contributed by atoms with Crippen LogP contribution < -0.4 is 0 Å². The van der Waals surface area contributed by atoms with Gasteiger partial charge in [-0.25, -0.2) is 4.39 Å². The van der Waals surface area contributed by atoms with E-state index in [1.54, 1.807) is 26.0 Å². The van der Waals surface area contributed by atoms with Crippen molar-refractivity contribution in [3.05, 3.63) is 33.5 Å². The van der Waals surface area contributed by atoms with E-state index in [0.717, 1.165) is 5.56 Å². The molecule has 82 valence electrons. The summed E-state index contributed by atoms with van der Waals surface area (Å²) >= 11 is 3.08. The van der Waals surface area contributed by atoms with Gasteiger partial charge in [-0.2, -0.15) is 0 Å². The van der Waals surface area contributed by atoms with Crippen LogP contribution in [-0.2, 0) is 16.0 Å². The first-order valence-electron chi connectivity index (χ1n) is 4.65. The molecule has 0 aliphatic carbocycles. The van der Waals surface area contributed by atoms with Crippen molar-refractivity contribution in [2.75, 3.05) is 6.61 Å². The molecule has 0 heterocycles. The van der Waals surface area contributed by atoms with E-state index in [1.165, 1.54) is 0 Å². The Morgan fingerprint density at radius 3 is 2.80 bits per heavy atom. The van der Waals surface area contributed by atoms with Gasteiger partial charge in [0.2, 0.25) is 0 Å². The highest BCUT2D eigenvalue weighted by molar-refractivity contribution is 9.10. The van der Waals surface area contributed by atoms with Crippen LogP contribution >= 0.6 is 15.9 Å². The summed E-state index contributed by atoms with van der Waals surface area (Å²) in [6.07, 6.45) is -0.0229. The standard InChI is InChI=1S/C11H12BrFO2/c1-3-15-10(14)6-8-7(2)4-5-9(12)11(8)13/h4-5H,3,6H2,1-2H3. The number of esters is 1. The second-order valence-corrected chi connectivity index (χ2v) is 3.99. The average Bonchev–Trinajstić information content (AvgIpc) is 2.19. The maximum Gasteiger partial charge on any atom is 0.310 e. The predicted molar refractivity (Wildman–Crippen MR) is 59.2 cm³/mol. The Hall–Kier alpha value is -0.900. The molecule has 0 aromatic heterocycles. The van der Waals surface area contributed by atoms with Crippen LogP contribution in [0.3, 0.4) is 0 Å². The third-order valence-electron chi connectivity index (χ3n) is 2.06. The quantitative estimate of drug-likeness (QED) is 0.793. The lowest BCUT2D eigenvalue weighted by Crippen LogP contribution is -2.10. The van der Waals surface area contributed by atoms with Crippen molar-refractivity contribution in [2.24, 2.45) is 0 Å². The van der Waals surface area contributed by atoms with Gasteiger partial charge in [0.15, 0.2) is 0 Å². The molecule has 0 N–H and O–H groups in total. The van der Waals surface area contributed by atoms with Crippen LogP contribution in [0.4, 0.5) is 4.39 Å². The first-order valence-corrected chi connectivity index (χ1v) is 5.44. The summed E-state index contributed by atoms with van der Waals surface area (Å²) in [6, 6.07) is 3.39. The summed E-state index contributed by atoms with van der Waals surface area (Å²) < 4.78 is 18.8. The number of hydrogen-bond donors (Lipinski definition) is 0. The number of carbonyl (C=O) groups excluding carboxylic acids is 1. The van der Waals surface area contributed by atoms with E-state index < -0.39 is 5.97 Å². The van der Waals surface area contributed by atoms with E-state index in [1.807, 2.05) is 0 Å². The van der Waals surface area contributed by atoms with Crippen molar-refractivity contribution in [1.29, 1.82) is 0 Å². The number of carbonyl (C=O) groups is 1.